The molecule has 0 unspecified atom stereocenters. The minimum absolute atomic E-state index is 0.249. The molecular weight excluding hydrogens is 270 g/mol. The van der Waals surface area contributed by atoms with Gasteiger partial charge in [-0.15, -0.1) is 10.2 Å². The van der Waals surface area contributed by atoms with Crippen LogP contribution in [0.2, 0.25) is 0 Å². The number of nitrogens with zero attached hydrogens (tertiary/aromatic N) is 4. The van der Waals surface area contributed by atoms with E-state index in [2.05, 4.69) is 20.7 Å². The second-order valence-corrected chi connectivity index (χ2v) is 4.58. The minimum atomic E-state index is -0.315. The van der Waals surface area contributed by atoms with E-state index in [1.165, 1.54) is 0 Å². The second-order valence-electron chi connectivity index (χ2n) is 4.58. The molecule has 21 heavy (non-hydrogen) atoms. The normalized spacial score (nSPS) is 10.6. The Morgan fingerprint density at radius 1 is 1.29 bits per heavy atom. The summed E-state index contributed by atoms with van der Waals surface area (Å²) in [6.07, 6.45) is 1.62. The Morgan fingerprint density at radius 2 is 2.14 bits per heavy atom. The highest BCUT2D eigenvalue weighted by atomic mass is 16.5. The minimum Gasteiger partial charge on any atom is -0.361 e. The molecule has 106 valence electrons. The third-order valence-corrected chi connectivity index (χ3v) is 2.96. The van der Waals surface area contributed by atoms with E-state index in [1.54, 1.807) is 25.4 Å². The van der Waals surface area contributed by atoms with Gasteiger partial charge in [-0.2, -0.15) is 0 Å². The lowest BCUT2D eigenvalue weighted by Gasteiger charge is -2.07. The lowest BCUT2D eigenvalue weighted by Crippen LogP contribution is -2.12. The highest BCUT2D eigenvalue weighted by molar-refractivity contribution is 6.02. The van der Waals surface area contributed by atoms with E-state index in [-0.39, 0.29) is 11.6 Å². The maximum Gasteiger partial charge on any atom is 0.277 e. The number of rotatable bonds is 3. The van der Waals surface area contributed by atoms with E-state index in [0.717, 1.165) is 11.5 Å². The summed E-state index contributed by atoms with van der Waals surface area (Å²) < 4.78 is 6.72. The van der Waals surface area contributed by atoms with Crippen LogP contribution in [0, 0.1) is 13.8 Å². The molecule has 1 amide bonds. The molecule has 1 N–H and O–H groups in total. The molecule has 0 aliphatic carbocycles. The molecule has 0 fully saturated rings. The van der Waals surface area contributed by atoms with Gasteiger partial charge in [-0.05, 0) is 32.0 Å². The van der Waals surface area contributed by atoms with Crippen molar-refractivity contribution >= 4 is 11.6 Å². The van der Waals surface area contributed by atoms with Crippen LogP contribution in [0.4, 0.5) is 5.69 Å². The van der Waals surface area contributed by atoms with Crippen LogP contribution in [-0.2, 0) is 0 Å². The molecule has 0 spiro atoms. The first-order valence-electron chi connectivity index (χ1n) is 6.35. The molecule has 0 atom stereocenters. The third-order valence-electron chi connectivity index (χ3n) is 2.96. The molecule has 0 aliphatic rings. The average Bonchev–Trinajstić information content (AvgIpc) is 3.08. The smallest absolute Gasteiger partial charge is 0.277 e. The largest absolute Gasteiger partial charge is 0.361 e. The van der Waals surface area contributed by atoms with Gasteiger partial charge in [0, 0.05) is 11.8 Å². The standard InChI is InChI=1S/C14H13N5O2/c1-9-6-13(18-21-9)14(20)16-11-4-3-5-12(7-11)19-8-15-17-10(19)2/h3-8H,1-2H3,(H,16,20). The van der Waals surface area contributed by atoms with Crippen LogP contribution in [0.5, 0.6) is 0 Å². The van der Waals surface area contributed by atoms with Crippen molar-refractivity contribution in [1.29, 1.82) is 0 Å². The van der Waals surface area contributed by atoms with Gasteiger partial charge in [0.1, 0.15) is 17.9 Å². The SMILES string of the molecule is Cc1cc(C(=O)Nc2cccc(-n3cnnc3C)c2)no1. The third kappa shape index (κ3) is 2.66. The summed E-state index contributed by atoms with van der Waals surface area (Å²) in [5, 5.41) is 14.2. The Hall–Kier alpha value is -2.96. The summed E-state index contributed by atoms with van der Waals surface area (Å²) in [5.41, 5.74) is 1.77. The van der Waals surface area contributed by atoms with Crippen molar-refractivity contribution in [3.63, 3.8) is 0 Å². The van der Waals surface area contributed by atoms with Crippen LogP contribution in [-0.4, -0.2) is 25.8 Å². The van der Waals surface area contributed by atoms with E-state index < -0.39 is 0 Å². The molecule has 0 saturated heterocycles. The molecule has 1 aromatic carbocycles. The predicted molar refractivity (Wildman–Crippen MR) is 75.3 cm³/mol. The molecule has 2 aromatic heterocycles. The molecule has 0 aliphatic heterocycles. The zero-order valence-corrected chi connectivity index (χ0v) is 11.6. The highest BCUT2D eigenvalue weighted by Gasteiger charge is 2.11. The molecule has 2 heterocycles. The molecule has 3 aromatic rings. The topological polar surface area (TPSA) is 85.8 Å². The monoisotopic (exact) mass is 283 g/mol. The number of amides is 1. The van der Waals surface area contributed by atoms with Crippen LogP contribution < -0.4 is 5.32 Å². The quantitative estimate of drug-likeness (QED) is 0.795. The maximum atomic E-state index is 12.0. The predicted octanol–water partition coefficient (Wildman–Crippen LogP) is 2.12. The molecule has 7 nitrogen and oxygen atoms in total. The number of aryl methyl sites for hydroxylation is 2. The molecule has 0 saturated carbocycles. The van der Waals surface area contributed by atoms with E-state index >= 15 is 0 Å². The Bertz CT molecular complexity index is 790. The number of anilines is 1. The van der Waals surface area contributed by atoms with E-state index in [9.17, 15) is 4.79 Å². The summed E-state index contributed by atoms with van der Waals surface area (Å²) in [5.74, 6) is 1.05. The summed E-state index contributed by atoms with van der Waals surface area (Å²) in [6, 6.07) is 8.98. The number of hydrogen-bond donors (Lipinski definition) is 1. The number of carbonyl (C=O) groups excluding carboxylic acids is 1. The van der Waals surface area contributed by atoms with Crippen LogP contribution in [0.25, 0.3) is 5.69 Å². The van der Waals surface area contributed by atoms with Gasteiger partial charge in [0.2, 0.25) is 0 Å². The second kappa shape index (κ2) is 5.20. The first-order valence-corrected chi connectivity index (χ1v) is 6.35. The Labute approximate surface area is 120 Å². The summed E-state index contributed by atoms with van der Waals surface area (Å²) >= 11 is 0. The fourth-order valence-electron chi connectivity index (χ4n) is 1.95. The van der Waals surface area contributed by atoms with Gasteiger partial charge < -0.3 is 9.84 Å². The van der Waals surface area contributed by atoms with E-state index in [1.807, 2.05) is 29.7 Å². The number of nitrogens with one attached hydrogen (secondary N) is 1. The van der Waals surface area contributed by atoms with Gasteiger partial charge in [0.15, 0.2) is 5.69 Å². The van der Waals surface area contributed by atoms with Crippen molar-refractivity contribution in [2.75, 3.05) is 5.32 Å². The molecular formula is C14H13N5O2. The maximum absolute atomic E-state index is 12.0. The number of hydrogen-bond acceptors (Lipinski definition) is 5. The first-order chi connectivity index (χ1) is 10.1. The van der Waals surface area contributed by atoms with Crippen LogP contribution >= 0.6 is 0 Å². The zero-order valence-electron chi connectivity index (χ0n) is 11.6. The summed E-state index contributed by atoms with van der Waals surface area (Å²) in [4.78, 5) is 12.0. The molecule has 7 heteroatoms. The average molecular weight is 283 g/mol. The fraction of sp³-hybridized carbons (Fsp3) is 0.143. The Kier molecular flexibility index (Phi) is 3.23. The number of aromatic nitrogens is 4. The zero-order chi connectivity index (χ0) is 14.8. The summed E-state index contributed by atoms with van der Waals surface area (Å²) in [6.45, 7) is 3.59. The molecule has 0 bridgehead atoms. The van der Waals surface area contributed by atoms with E-state index in [4.69, 9.17) is 4.52 Å². The van der Waals surface area contributed by atoms with Crippen molar-refractivity contribution in [1.82, 2.24) is 19.9 Å². The van der Waals surface area contributed by atoms with Crippen molar-refractivity contribution in [2.45, 2.75) is 13.8 Å². The van der Waals surface area contributed by atoms with Gasteiger partial charge in [-0.25, -0.2) is 0 Å². The lowest BCUT2D eigenvalue weighted by atomic mass is 10.2. The lowest BCUT2D eigenvalue weighted by molar-refractivity contribution is 0.101. The van der Waals surface area contributed by atoms with Crippen molar-refractivity contribution in [2.24, 2.45) is 0 Å². The first kappa shape index (κ1) is 13.0. The van der Waals surface area contributed by atoms with Gasteiger partial charge in [-0.1, -0.05) is 11.2 Å². The Morgan fingerprint density at radius 3 is 2.81 bits per heavy atom. The number of benzene rings is 1. The van der Waals surface area contributed by atoms with Crippen molar-refractivity contribution in [3.8, 4) is 5.69 Å². The number of carbonyl (C=O) groups is 1. The van der Waals surface area contributed by atoms with Gasteiger partial charge >= 0.3 is 0 Å². The van der Waals surface area contributed by atoms with Gasteiger partial charge in [0.25, 0.3) is 5.91 Å². The fourth-order valence-corrected chi connectivity index (χ4v) is 1.95. The van der Waals surface area contributed by atoms with Crippen LogP contribution in [0.3, 0.4) is 0 Å². The molecule has 0 radical (unpaired) electrons. The summed E-state index contributed by atoms with van der Waals surface area (Å²) in [7, 11) is 0. The van der Waals surface area contributed by atoms with Crippen LogP contribution in [0.1, 0.15) is 22.1 Å². The van der Waals surface area contributed by atoms with Crippen LogP contribution in [0.15, 0.2) is 41.2 Å². The molecule has 3 rings (SSSR count). The van der Waals surface area contributed by atoms with Crippen molar-refractivity contribution < 1.29 is 9.32 Å². The highest BCUT2D eigenvalue weighted by Crippen LogP contribution is 2.16. The van der Waals surface area contributed by atoms with Gasteiger partial charge in [0.05, 0.1) is 5.69 Å². The Balaban J connectivity index is 1.84. The van der Waals surface area contributed by atoms with Gasteiger partial charge in [-0.3, -0.25) is 9.36 Å². The van der Waals surface area contributed by atoms with Crippen molar-refractivity contribution in [3.05, 3.63) is 53.9 Å². The van der Waals surface area contributed by atoms with E-state index in [0.29, 0.717) is 11.4 Å².